The summed E-state index contributed by atoms with van der Waals surface area (Å²) in [6.45, 7) is 0.594. The Morgan fingerprint density at radius 2 is 1.74 bits per heavy atom. The van der Waals surface area contributed by atoms with Crippen molar-refractivity contribution in [3.63, 3.8) is 0 Å². The number of hydrogen-bond acceptors (Lipinski definition) is 4. The minimum absolute atomic E-state index is 0.00598. The van der Waals surface area contributed by atoms with E-state index < -0.39 is 0 Å². The topological polar surface area (TPSA) is 51.4 Å². The molecule has 0 amide bonds. The van der Waals surface area contributed by atoms with Gasteiger partial charge < -0.3 is 14.2 Å². The molecular formula is C15H22O4. The Morgan fingerprint density at radius 3 is 2.58 bits per heavy atom. The average molecular weight is 266 g/mol. The van der Waals surface area contributed by atoms with Gasteiger partial charge in [-0.2, -0.15) is 0 Å². The minimum atomic E-state index is 0.00598. The second-order valence-corrected chi connectivity index (χ2v) is 6.60. The van der Waals surface area contributed by atoms with Crippen LogP contribution in [0.25, 0.3) is 0 Å². The molecule has 2 aliphatic carbocycles. The fourth-order valence-corrected chi connectivity index (χ4v) is 3.78. The zero-order valence-electron chi connectivity index (χ0n) is 11.3. The van der Waals surface area contributed by atoms with Crippen molar-refractivity contribution < 1.29 is 19.0 Å². The van der Waals surface area contributed by atoms with Gasteiger partial charge in [-0.15, -0.1) is 0 Å². The van der Waals surface area contributed by atoms with Gasteiger partial charge in [-0.25, -0.2) is 0 Å². The maximum Gasteiger partial charge on any atom is 0.309 e. The van der Waals surface area contributed by atoms with E-state index >= 15 is 0 Å². The van der Waals surface area contributed by atoms with Crippen LogP contribution in [-0.2, 0) is 19.0 Å². The predicted molar refractivity (Wildman–Crippen MR) is 67.6 cm³/mol. The van der Waals surface area contributed by atoms with Crippen molar-refractivity contribution in [2.45, 2.75) is 69.4 Å². The minimum Gasteiger partial charge on any atom is -0.465 e. The first-order valence-corrected chi connectivity index (χ1v) is 7.77. The standard InChI is InChI=1S/C15H22O4/c16-15(10-4-5-12-14(7-10)19-12)17-8-9-2-1-3-11-13(6-9)18-11/h9-14H,1-8H2. The second kappa shape index (κ2) is 4.74. The smallest absolute Gasteiger partial charge is 0.309 e. The summed E-state index contributed by atoms with van der Waals surface area (Å²) in [6.07, 6.45) is 9.30. The summed E-state index contributed by atoms with van der Waals surface area (Å²) in [6, 6.07) is 0. The van der Waals surface area contributed by atoms with Crippen molar-refractivity contribution in [3.8, 4) is 0 Å². The molecule has 0 N–H and O–H groups in total. The first kappa shape index (κ1) is 12.2. The number of ether oxygens (including phenoxy) is 3. The van der Waals surface area contributed by atoms with Gasteiger partial charge >= 0.3 is 5.97 Å². The molecule has 19 heavy (non-hydrogen) atoms. The number of carbonyl (C=O) groups excluding carboxylic acids is 1. The van der Waals surface area contributed by atoms with Crippen molar-refractivity contribution in [2.24, 2.45) is 11.8 Å². The van der Waals surface area contributed by atoms with Gasteiger partial charge in [0.05, 0.1) is 36.9 Å². The Hall–Kier alpha value is -0.610. The number of epoxide rings is 2. The number of esters is 1. The van der Waals surface area contributed by atoms with Gasteiger partial charge in [0.25, 0.3) is 0 Å². The van der Waals surface area contributed by atoms with E-state index in [1.165, 1.54) is 19.3 Å². The fourth-order valence-electron chi connectivity index (χ4n) is 3.78. The summed E-state index contributed by atoms with van der Waals surface area (Å²) < 4.78 is 16.6. The summed E-state index contributed by atoms with van der Waals surface area (Å²) in [5, 5.41) is 0. The van der Waals surface area contributed by atoms with E-state index in [2.05, 4.69) is 0 Å². The molecule has 2 saturated heterocycles. The van der Waals surface area contributed by atoms with E-state index in [4.69, 9.17) is 14.2 Å². The molecule has 4 nitrogen and oxygen atoms in total. The van der Waals surface area contributed by atoms with E-state index in [0.29, 0.717) is 36.9 Å². The molecule has 4 aliphatic rings. The molecule has 4 rings (SSSR count). The highest BCUT2D eigenvalue weighted by molar-refractivity contribution is 5.72. The molecule has 4 fully saturated rings. The third-order valence-corrected chi connectivity index (χ3v) is 5.15. The molecular weight excluding hydrogens is 244 g/mol. The Bertz CT molecular complexity index is 369. The maximum absolute atomic E-state index is 12.1. The van der Waals surface area contributed by atoms with E-state index in [1.54, 1.807) is 0 Å². The predicted octanol–water partition coefficient (Wildman–Crippen LogP) is 2.05. The van der Waals surface area contributed by atoms with E-state index in [-0.39, 0.29) is 11.9 Å². The van der Waals surface area contributed by atoms with Crippen molar-refractivity contribution >= 4 is 5.97 Å². The van der Waals surface area contributed by atoms with Crippen molar-refractivity contribution in [3.05, 3.63) is 0 Å². The third-order valence-electron chi connectivity index (χ3n) is 5.15. The summed E-state index contributed by atoms with van der Waals surface area (Å²) in [4.78, 5) is 12.1. The summed E-state index contributed by atoms with van der Waals surface area (Å²) in [5.41, 5.74) is 0. The first-order valence-electron chi connectivity index (χ1n) is 7.77. The SMILES string of the molecule is O=C(OCC1CCCC2OC2C1)C1CCC2OC2C1. The van der Waals surface area contributed by atoms with Gasteiger partial charge in [0.1, 0.15) is 0 Å². The molecule has 2 saturated carbocycles. The molecule has 4 heteroatoms. The zero-order chi connectivity index (χ0) is 12.8. The molecule has 6 unspecified atom stereocenters. The largest absolute Gasteiger partial charge is 0.465 e. The molecule has 0 aromatic carbocycles. The highest BCUT2D eigenvalue weighted by Gasteiger charge is 2.46. The van der Waals surface area contributed by atoms with Crippen LogP contribution in [-0.4, -0.2) is 37.0 Å². The first-order chi connectivity index (χ1) is 9.29. The highest BCUT2D eigenvalue weighted by atomic mass is 16.6. The number of hydrogen-bond donors (Lipinski definition) is 0. The normalized spacial score (nSPS) is 47.6. The van der Waals surface area contributed by atoms with Crippen molar-refractivity contribution in [2.75, 3.05) is 6.61 Å². The number of carbonyl (C=O) groups is 1. The molecule has 2 aliphatic heterocycles. The molecule has 2 heterocycles. The van der Waals surface area contributed by atoms with Gasteiger partial charge in [-0.1, -0.05) is 6.42 Å². The highest BCUT2D eigenvalue weighted by Crippen LogP contribution is 2.40. The molecule has 0 bridgehead atoms. The second-order valence-electron chi connectivity index (χ2n) is 6.60. The maximum atomic E-state index is 12.1. The van der Waals surface area contributed by atoms with Crippen molar-refractivity contribution in [1.29, 1.82) is 0 Å². The molecule has 0 aromatic heterocycles. The van der Waals surface area contributed by atoms with Gasteiger partial charge in [0.15, 0.2) is 0 Å². The average Bonchev–Trinajstić information content (AvgIpc) is 3.26. The molecule has 0 spiro atoms. The monoisotopic (exact) mass is 266 g/mol. The van der Waals surface area contributed by atoms with Gasteiger partial charge in [0, 0.05) is 0 Å². The van der Waals surface area contributed by atoms with Crippen LogP contribution in [0, 0.1) is 11.8 Å². The van der Waals surface area contributed by atoms with Crippen LogP contribution in [0.1, 0.15) is 44.9 Å². The Balaban J connectivity index is 1.23. The molecule has 0 radical (unpaired) electrons. The summed E-state index contributed by atoms with van der Waals surface area (Å²) in [7, 11) is 0. The zero-order valence-corrected chi connectivity index (χ0v) is 11.3. The van der Waals surface area contributed by atoms with Crippen LogP contribution in [0.3, 0.4) is 0 Å². The summed E-state index contributed by atoms with van der Waals surface area (Å²) >= 11 is 0. The Kier molecular flexibility index (Phi) is 3.03. The van der Waals surface area contributed by atoms with E-state index in [0.717, 1.165) is 25.7 Å². The lowest BCUT2D eigenvalue weighted by atomic mass is 9.89. The lowest BCUT2D eigenvalue weighted by molar-refractivity contribution is -0.151. The number of rotatable bonds is 3. The Morgan fingerprint density at radius 1 is 0.947 bits per heavy atom. The molecule has 6 atom stereocenters. The quantitative estimate of drug-likeness (QED) is 0.579. The fraction of sp³-hybridized carbons (Fsp3) is 0.933. The van der Waals surface area contributed by atoms with E-state index in [9.17, 15) is 4.79 Å². The van der Waals surface area contributed by atoms with Crippen LogP contribution >= 0.6 is 0 Å². The van der Waals surface area contributed by atoms with E-state index in [1.807, 2.05) is 0 Å². The lowest BCUT2D eigenvalue weighted by Crippen LogP contribution is -2.26. The van der Waals surface area contributed by atoms with Crippen LogP contribution in [0.5, 0.6) is 0 Å². The van der Waals surface area contributed by atoms with Crippen molar-refractivity contribution in [1.82, 2.24) is 0 Å². The third kappa shape index (κ3) is 2.65. The van der Waals surface area contributed by atoms with Crippen LogP contribution in [0.2, 0.25) is 0 Å². The molecule has 106 valence electrons. The summed E-state index contributed by atoms with van der Waals surface area (Å²) in [5.74, 6) is 0.598. The van der Waals surface area contributed by atoms with Gasteiger partial charge in [-0.3, -0.25) is 4.79 Å². The van der Waals surface area contributed by atoms with Gasteiger partial charge in [0.2, 0.25) is 0 Å². The lowest BCUT2D eigenvalue weighted by Gasteiger charge is -2.20. The Labute approximate surface area is 113 Å². The van der Waals surface area contributed by atoms with Crippen LogP contribution in [0.15, 0.2) is 0 Å². The van der Waals surface area contributed by atoms with Crippen LogP contribution < -0.4 is 0 Å². The van der Waals surface area contributed by atoms with Crippen LogP contribution in [0.4, 0.5) is 0 Å². The van der Waals surface area contributed by atoms with Gasteiger partial charge in [-0.05, 0) is 44.4 Å². The number of fused-ring (bicyclic) bond motifs is 2. The molecule has 0 aromatic rings.